The molecule has 0 saturated heterocycles. The maximum absolute atomic E-state index is 10.5. The van der Waals surface area contributed by atoms with Crippen molar-refractivity contribution in [2.45, 2.75) is 19.3 Å². The quantitative estimate of drug-likeness (QED) is 0.817. The van der Waals surface area contributed by atoms with Crippen LogP contribution >= 0.6 is 0 Å². The number of rotatable bonds is 4. The molecule has 1 N–H and O–H groups in total. The predicted molar refractivity (Wildman–Crippen MR) is 62.9 cm³/mol. The summed E-state index contributed by atoms with van der Waals surface area (Å²) in [5.41, 5.74) is 3.15. The summed E-state index contributed by atoms with van der Waals surface area (Å²) in [5, 5.41) is 0. The van der Waals surface area contributed by atoms with Gasteiger partial charge in [-0.05, 0) is 24.5 Å². The van der Waals surface area contributed by atoms with Crippen LogP contribution in [-0.4, -0.2) is 24.4 Å². The van der Waals surface area contributed by atoms with Gasteiger partial charge in [0.2, 0.25) is 0 Å². The van der Waals surface area contributed by atoms with Gasteiger partial charge in [-0.25, -0.2) is 0 Å². The molecule has 0 atom stereocenters. The summed E-state index contributed by atoms with van der Waals surface area (Å²) in [5.74, 6) is -0.192. The highest BCUT2D eigenvalue weighted by molar-refractivity contribution is 7.85. The van der Waals surface area contributed by atoms with Crippen LogP contribution in [0.4, 0.5) is 5.69 Å². The first kappa shape index (κ1) is 11.3. The number of hydrogen-bond acceptors (Lipinski definition) is 3. The number of fused-ring (bicyclic) bond motifs is 1. The lowest BCUT2D eigenvalue weighted by molar-refractivity contribution is 0.481. The Balaban J connectivity index is 1.92. The van der Waals surface area contributed by atoms with Gasteiger partial charge in [0.1, 0.15) is 0 Å². The summed E-state index contributed by atoms with van der Waals surface area (Å²) in [6, 6.07) is 7.87. The Bertz CT molecular complexity index is 520. The minimum atomic E-state index is -3.84. The molecule has 0 radical (unpaired) electrons. The molecular weight excluding hydrogens is 226 g/mol. The molecule has 0 fully saturated rings. The van der Waals surface area contributed by atoms with E-state index in [1.807, 2.05) is 24.3 Å². The summed E-state index contributed by atoms with van der Waals surface area (Å²) >= 11 is 0. The highest BCUT2D eigenvalue weighted by Crippen LogP contribution is 2.27. The van der Waals surface area contributed by atoms with Crippen molar-refractivity contribution in [3.63, 3.8) is 0 Å². The van der Waals surface area contributed by atoms with Crippen molar-refractivity contribution in [1.82, 2.24) is 0 Å². The van der Waals surface area contributed by atoms with Crippen molar-refractivity contribution in [3.05, 3.63) is 29.8 Å². The number of benzene rings is 1. The second-order valence-corrected chi connectivity index (χ2v) is 5.45. The highest BCUT2D eigenvalue weighted by Gasteiger charge is 2.14. The van der Waals surface area contributed by atoms with Crippen molar-refractivity contribution < 1.29 is 13.0 Å². The standard InChI is InChI=1S/C11H13NO3S/c13-16(14,15)7-3-5-10-8-9-4-1-2-6-11(9)12-10/h1-2,4,6H,3,5,7-8H2,(H,13,14,15). The van der Waals surface area contributed by atoms with Gasteiger partial charge < -0.3 is 0 Å². The zero-order valence-electron chi connectivity index (χ0n) is 8.76. The van der Waals surface area contributed by atoms with E-state index in [0.717, 1.165) is 17.8 Å². The minimum Gasteiger partial charge on any atom is -0.286 e. The molecule has 4 nitrogen and oxygen atoms in total. The fourth-order valence-electron chi connectivity index (χ4n) is 1.80. The molecule has 16 heavy (non-hydrogen) atoms. The van der Waals surface area contributed by atoms with Crippen LogP contribution in [0.1, 0.15) is 18.4 Å². The molecule has 1 aliphatic heterocycles. The molecule has 1 aromatic rings. The Hall–Kier alpha value is -1.20. The lowest BCUT2D eigenvalue weighted by atomic mass is 10.1. The Morgan fingerprint density at radius 3 is 2.75 bits per heavy atom. The fourth-order valence-corrected chi connectivity index (χ4v) is 2.31. The van der Waals surface area contributed by atoms with Crippen LogP contribution in [0.15, 0.2) is 29.3 Å². The molecule has 0 unspecified atom stereocenters. The molecule has 0 aromatic heterocycles. The van der Waals surface area contributed by atoms with Gasteiger partial charge >= 0.3 is 0 Å². The lowest BCUT2D eigenvalue weighted by Crippen LogP contribution is -2.06. The van der Waals surface area contributed by atoms with Gasteiger partial charge in [0.25, 0.3) is 10.1 Å². The summed E-state index contributed by atoms with van der Waals surface area (Å²) in [6.45, 7) is 0. The second kappa shape index (κ2) is 4.35. The monoisotopic (exact) mass is 239 g/mol. The first-order chi connectivity index (χ1) is 7.54. The van der Waals surface area contributed by atoms with Crippen LogP contribution in [-0.2, 0) is 16.5 Å². The summed E-state index contributed by atoms with van der Waals surface area (Å²) in [6.07, 6.45) is 1.84. The molecule has 5 heteroatoms. The molecule has 1 aliphatic rings. The first-order valence-corrected chi connectivity index (χ1v) is 6.75. The van der Waals surface area contributed by atoms with E-state index in [-0.39, 0.29) is 5.75 Å². The molecule has 0 aliphatic carbocycles. The Kier molecular flexibility index (Phi) is 3.07. The van der Waals surface area contributed by atoms with Gasteiger partial charge in [0.15, 0.2) is 0 Å². The third kappa shape index (κ3) is 2.90. The maximum atomic E-state index is 10.5. The molecule has 86 valence electrons. The van der Waals surface area contributed by atoms with Gasteiger partial charge in [-0.2, -0.15) is 8.42 Å². The first-order valence-electron chi connectivity index (χ1n) is 5.14. The summed E-state index contributed by atoms with van der Waals surface area (Å²) in [7, 11) is -3.84. The lowest BCUT2D eigenvalue weighted by Gasteiger charge is -1.98. The normalized spacial score (nSPS) is 14.7. The molecular formula is C11H13NO3S. The molecule has 0 amide bonds. The number of para-hydroxylation sites is 1. The van der Waals surface area contributed by atoms with E-state index in [4.69, 9.17) is 4.55 Å². The van der Waals surface area contributed by atoms with E-state index in [0.29, 0.717) is 12.8 Å². The molecule has 0 saturated carbocycles. The van der Waals surface area contributed by atoms with Crippen molar-refractivity contribution in [2.75, 3.05) is 5.75 Å². The van der Waals surface area contributed by atoms with E-state index in [9.17, 15) is 8.42 Å². The Morgan fingerprint density at radius 2 is 2.06 bits per heavy atom. The number of hydrogen-bond donors (Lipinski definition) is 1. The average molecular weight is 239 g/mol. The van der Waals surface area contributed by atoms with Crippen LogP contribution < -0.4 is 0 Å². The van der Waals surface area contributed by atoms with E-state index in [1.54, 1.807) is 0 Å². The zero-order chi connectivity index (χ0) is 11.6. The molecule has 1 aromatic carbocycles. The number of nitrogens with zero attached hydrogens (tertiary/aromatic N) is 1. The average Bonchev–Trinajstić information content (AvgIpc) is 2.57. The van der Waals surface area contributed by atoms with E-state index in [2.05, 4.69) is 4.99 Å². The summed E-state index contributed by atoms with van der Waals surface area (Å²) in [4.78, 5) is 4.41. The van der Waals surface area contributed by atoms with Gasteiger partial charge in [-0.3, -0.25) is 9.55 Å². The SMILES string of the molecule is O=S(=O)(O)CCCC1=Nc2ccccc2C1. The molecule has 1 heterocycles. The third-order valence-corrected chi connectivity index (χ3v) is 3.34. The maximum Gasteiger partial charge on any atom is 0.264 e. The molecule has 0 spiro atoms. The Labute approximate surface area is 94.8 Å². The van der Waals surface area contributed by atoms with Crippen molar-refractivity contribution in [1.29, 1.82) is 0 Å². The molecule has 2 rings (SSSR count). The number of aliphatic imine (C=N–C) groups is 1. The van der Waals surface area contributed by atoms with E-state index >= 15 is 0 Å². The van der Waals surface area contributed by atoms with Crippen LogP contribution in [0, 0.1) is 0 Å². The third-order valence-electron chi connectivity index (χ3n) is 2.53. The molecule has 0 bridgehead atoms. The van der Waals surface area contributed by atoms with E-state index < -0.39 is 10.1 Å². The highest BCUT2D eigenvalue weighted by atomic mass is 32.2. The van der Waals surface area contributed by atoms with Crippen LogP contribution in [0.25, 0.3) is 0 Å². The van der Waals surface area contributed by atoms with Crippen molar-refractivity contribution >= 4 is 21.5 Å². The largest absolute Gasteiger partial charge is 0.286 e. The van der Waals surface area contributed by atoms with Gasteiger partial charge in [-0.15, -0.1) is 0 Å². The van der Waals surface area contributed by atoms with Gasteiger partial charge in [0, 0.05) is 12.1 Å². The van der Waals surface area contributed by atoms with Crippen molar-refractivity contribution in [2.24, 2.45) is 4.99 Å². The van der Waals surface area contributed by atoms with E-state index in [1.165, 1.54) is 5.56 Å². The van der Waals surface area contributed by atoms with Crippen LogP contribution in [0.5, 0.6) is 0 Å². The van der Waals surface area contributed by atoms with Gasteiger partial charge in [0.05, 0.1) is 11.4 Å². The Morgan fingerprint density at radius 1 is 1.31 bits per heavy atom. The van der Waals surface area contributed by atoms with Crippen molar-refractivity contribution in [3.8, 4) is 0 Å². The second-order valence-electron chi connectivity index (χ2n) is 3.87. The predicted octanol–water partition coefficient (Wildman–Crippen LogP) is 1.98. The smallest absolute Gasteiger partial charge is 0.264 e. The summed E-state index contributed by atoms with van der Waals surface area (Å²) < 4.78 is 29.7. The van der Waals surface area contributed by atoms with Gasteiger partial charge in [-0.1, -0.05) is 18.2 Å². The van der Waals surface area contributed by atoms with Crippen LogP contribution in [0.3, 0.4) is 0 Å². The van der Waals surface area contributed by atoms with Crippen LogP contribution in [0.2, 0.25) is 0 Å². The fraction of sp³-hybridized carbons (Fsp3) is 0.364. The topological polar surface area (TPSA) is 66.7 Å². The zero-order valence-corrected chi connectivity index (χ0v) is 9.57. The minimum absolute atomic E-state index is 0.192.